The highest BCUT2D eigenvalue weighted by atomic mass is 16.2. The van der Waals surface area contributed by atoms with E-state index in [9.17, 15) is 9.59 Å². The Labute approximate surface area is 92.1 Å². The molecule has 3 nitrogen and oxygen atoms in total. The molecule has 86 valence electrons. The number of nitrogens with zero attached hydrogens (tertiary/aromatic N) is 1. The lowest BCUT2D eigenvalue weighted by Gasteiger charge is -2.23. The number of hydrogen-bond donors (Lipinski definition) is 0. The molecule has 1 atom stereocenters. The van der Waals surface area contributed by atoms with Gasteiger partial charge < -0.3 is 4.90 Å². The highest BCUT2D eigenvalue weighted by Crippen LogP contribution is 2.07. The van der Waals surface area contributed by atoms with Gasteiger partial charge in [-0.3, -0.25) is 9.59 Å². The van der Waals surface area contributed by atoms with Crippen LogP contribution in [0.2, 0.25) is 0 Å². The Balaban J connectivity index is 4.30. The smallest absolute Gasteiger partial charge is 0.249 e. The molecule has 0 heterocycles. The predicted octanol–water partition coefficient (Wildman–Crippen LogP) is 2.17. The normalized spacial score (nSPS) is 12.0. The van der Waals surface area contributed by atoms with Crippen LogP contribution in [0.5, 0.6) is 0 Å². The van der Waals surface area contributed by atoms with Crippen LogP contribution in [0, 0.1) is 0 Å². The van der Waals surface area contributed by atoms with Crippen LogP contribution in [0.4, 0.5) is 0 Å². The summed E-state index contributed by atoms with van der Waals surface area (Å²) in [6.07, 6.45) is 2.43. The van der Waals surface area contributed by atoms with Crippen LogP contribution >= 0.6 is 0 Å². The standard InChI is InChI=1S/C12H21NO2/c1-6-7-8-11(14)10(4)13(5)12(15)9(2)3/h10H,2,6-8H2,1,3-5H3. The van der Waals surface area contributed by atoms with Crippen molar-refractivity contribution in [3.05, 3.63) is 12.2 Å². The molecule has 0 N–H and O–H groups in total. The van der Waals surface area contributed by atoms with Crippen molar-refractivity contribution in [1.82, 2.24) is 4.90 Å². The van der Waals surface area contributed by atoms with Crippen molar-refractivity contribution in [2.24, 2.45) is 0 Å². The number of ketones is 1. The van der Waals surface area contributed by atoms with Crippen molar-refractivity contribution in [2.45, 2.75) is 46.1 Å². The molecule has 0 bridgehead atoms. The van der Waals surface area contributed by atoms with E-state index in [1.165, 1.54) is 4.90 Å². The van der Waals surface area contributed by atoms with Gasteiger partial charge in [0.1, 0.15) is 0 Å². The molecular formula is C12H21NO2. The number of Topliss-reactive ketones (excluding diaryl/α,β-unsaturated/α-hetero) is 1. The minimum atomic E-state index is -0.347. The van der Waals surface area contributed by atoms with Crippen LogP contribution < -0.4 is 0 Å². The van der Waals surface area contributed by atoms with E-state index >= 15 is 0 Å². The lowest BCUT2D eigenvalue weighted by atomic mass is 10.1. The molecule has 3 heteroatoms. The van der Waals surface area contributed by atoms with E-state index in [0.29, 0.717) is 12.0 Å². The van der Waals surface area contributed by atoms with Gasteiger partial charge in [-0.2, -0.15) is 0 Å². The molecular weight excluding hydrogens is 190 g/mol. The molecule has 0 aromatic carbocycles. The molecule has 0 saturated carbocycles. The Kier molecular flexibility index (Phi) is 5.90. The average molecular weight is 211 g/mol. The third-order valence-corrected chi connectivity index (χ3v) is 2.51. The van der Waals surface area contributed by atoms with Gasteiger partial charge in [-0.15, -0.1) is 0 Å². The highest BCUT2D eigenvalue weighted by Gasteiger charge is 2.21. The number of hydrogen-bond acceptors (Lipinski definition) is 2. The van der Waals surface area contributed by atoms with E-state index < -0.39 is 0 Å². The third kappa shape index (κ3) is 4.28. The molecule has 0 aromatic heterocycles. The summed E-state index contributed by atoms with van der Waals surface area (Å²) in [5.74, 6) is -0.0405. The minimum Gasteiger partial charge on any atom is -0.332 e. The zero-order chi connectivity index (χ0) is 12.0. The van der Waals surface area contributed by atoms with Crippen LogP contribution in [0.25, 0.3) is 0 Å². The monoisotopic (exact) mass is 211 g/mol. The largest absolute Gasteiger partial charge is 0.332 e. The van der Waals surface area contributed by atoms with Crippen LogP contribution in [-0.2, 0) is 9.59 Å². The fourth-order valence-corrected chi connectivity index (χ4v) is 1.25. The van der Waals surface area contributed by atoms with Gasteiger partial charge >= 0.3 is 0 Å². The molecule has 0 saturated heterocycles. The molecule has 1 unspecified atom stereocenters. The second kappa shape index (κ2) is 6.38. The first kappa shape index (κ1) is 13.9. The second-order valence-electron chi connectivity index (χ2n) is 3.94. The number of unbranched alkanes of at least 4 members (excludes halogenated alkanes) is 1. The zero-order valence-electron chi connectivity index (χ0n) is 10.2. The Hall–Kier alpha value is -1.12. The first-order valence-corrected chi connectivity index (χ1v) is 5.37. The number of rotatable bonds is 6. The quantitative estimate of drug-likeness (QED) is 0.631. The number of likely N-dealkylation sites (N-methyl/N-ethyl adjacent to an activating group) is 1. The van der Waals surface area contributed by atoms with Gasteiger partial charge in [-0.05, 0) is 20.3 Å². The maximum atomic E-state index is 11.6. The third-order valence-electron chi connectivity index (χ3n) is 2.51. The van der Waals surface area contributed by atoms with E-state index in [1.807, 2.05) is 6.92 Å². The molecule has 1 amide bonds. The number of carbonyl (C=O) groups is 2. The summed E-state index contributed by atoms with van der Waals surface area (Å²) < 4.78 is 0. The zero-order valence-corrected chi connectivity index (χ0v) is 10.2. The summed E-state index contributed by atoms with van der Waals surface area (Å²) in [5, 5.41) is 0. The highest BCUT2D eigenvalue weighted by molar-refractivity contribution is 5.96. The number of amides is 1. The molecule has 0 aliphatic carbocycles. The molecule has 15 heavy (non-hydrogen) atoms. The first-order valence-electron chi connectivity index (χ1n) is 5.37. The van der Waals surface area contributed by atoms with Crippen molar-refractivity contribution in [1.29, 1.82) is 0 Å². The van der Waals surface area contributed by atoms with Crippen molar-refractivity contribution >= 4 is 11.7 Å². The Bertz CT molecular complexity index is 258. The van der Waals surface area contributed by atoms with Gasteiger partial charge in [0.25, 0.3) is 0 Å². The molecule has 0 spiro atoms. The molecule has 0 aromatic rings. The van der Waals surface area contributed by atoms with Crippen molar-refractivity contribution in [2.75, 3.05) is 7.05 Å². The van der Waals surface area contributed by atoms with E-state index in [0.717, 1.165) is 12.8 Å². The average Bonchev–Trinajstić information content (AvgIpc) is 2.22. The summed E-state index contributed by atoms with van der Waals surface area (Å²) in [5.41, 5.74) is 0.465. The summed E-state index contributed by atoms with van der Waals surface area (Å²) in [6.45, 7) is 9.04. The lowest BCUT2D eigenvalue weighted by Crippen LogP contribution is -2.40. The van der Waals surface area contributed by atoms with Gasteiger partial charge in [0, 0.05) is 19.0 Å². The molecule has 0 aliphatic rings. The van der Waals surface area contributed by atoms with E-state index in [4.69, 9.17) is 0 Å². The van der Waals surface area contributed by atoms with Gasteiger partial charge in [0.05, 0.1) is 6.04 Å². The Morgan fingerprint density at radius 2 is 1.93 bits per heavy atom. The summed E-state index contributed by atoms with van der Waals surface area (Å²) in [7, 11) is 1.64. The van der Waals surface area contributed by atoms with Crippen LogP contribution in [-0.4, -0.2) is 29.7 Å². The minimum absolute atomic E-state index is 0.119. The Morgan fingerprint density at radius 3 is 2.33 bits per heavy atom. The molecule has 0 radical (unpaired) electrons. The fourth-order valence-electron chi connectivity index (χ4n) is 1.25. The van der Waals surface area contributed by atoms with Crippen molar-refractivity contribution < 1.29 is 9.59 Å². The SMILES string of the molecule is C=C(C)C(=O)N(C)C(C)C(=O)CCCC. The van der Waals surface area contributed by atoms with Crippen LogP contribution in [0.1, 0.15) is 40.0 Å². The molecule has 0 fully saturated rings. The van der Waals surface area contributed by atoms with Crippen molar-refractivity contribution in [3.8, 4) is 0 Å². The number of carbonyl (C=O) groups excluding carboxylic acids is 2. The fraction of sp³-hybridized carbons (Fsp3) is 0.667. The predicted molar refractivity (Wildman–Crippen MR) is 61.6 cm³/mol. The summed E-state index contributed by atoms with van der Waals surface area (Å²) in [6, 6.07) is -0.347. The van der Waals surface area contributed by atoms with Crippen molar-refractivity contribution in [3.63, 3.8) is 0 Å². The van der Waals surface area contributed by atoms with E-state index in [-0.39, 0.29) is 17.7 Å². The Morgan fingerprint density at radius 1 is 1.40 bits per heavy atom. The van der Waals surface area contributed by atoms with Gasteiger partial charge in [0.15, 0.2) is 5.78 Å². The molecule has 0 rings (SSSR count). The summed E-state index contributed by atoms with van der Waals surface area (Å²) in [4.78, 5) is 24.6. The summed E-state index contributed by atoms with van der Waals surface area (Å²) >= 11 is 0. The topological polar surface area (TPSA) is 37.4 Å². The van der Waals surface area contributed by atoms with Gasteiger partial charge in [-0.25, -0.2) is 0 Å². The second-order valence-corrected chi connectivity index (χ2v) is 3.94. The van der Waals surface area contributed by atoms with E-state index in [1.54, 1.807) is 20.9 Å². The maximum Gasteiger partial charge on any atom is 0.249 e. The lowest BCUT2D eigenvalue weighted by molar-refractivity contribution is -0.134. The van der Waals surface area contributed by atoms with Crippen LogP contribution in [0.3, 0.4) is 0 Å². The maximum absolute atomic E-state index is 11.6. The van der Waals surface area contributed by atoms with Crippen LogP contribution in [0.15, 0.2) is 12.2 Å². The van der Waals surface area contributed by atoms with Gasteiger partial charge in [0.2, 0.25) is 5.91 Å². The molecule has 0 aliphatic heterocycles. The first-order chi connectivity index (χ1) is 6.91. The van der Waals surface area contributed by atoms with Gasteiger partial charge in [-0.1, -0.05) is 19.9 Å². The van der Waals surface area contributed by atoms with E-state index in [2.05, 4.69) is 6.58 Å².